The van der Waals surface area contributed by atoms with Gasteiger partial charge in [0.15, 0.2) is 5.78 Å². The molecule has 0 fully saturated rings. The normalized spacial score (nSPS) is 17.5. The number of aryl methyl sites for hydroxylation is 1. The molecule has 0 unspecified atom stereocenters. The number of allylic oxidation sites excluding steroid dienone is 2. The number of Topliss-reactive ketones (excluding diaryl/α,β-unsaturated/α-hetero) is 1. The lowest BCUT2D eigenvalue weighted by atomic mass is 9.85. The van der Waals surface area contributed by atoms with E-state index in [-0.39, 0.29) is 17.4 Å². The molecule has 2 aliphatic rings. The second-order valence-corrected chi connectivity index (χ2v) is 9.00. The highest BCUT2D eigenvalue weighted by Crippen LogP contribution is 2.40. The number of carbonyl (C=O) groups excluding carboxylic acids is 1. The van der Waals surface area contributed by atoms with Gasteiger partial charge in [0.1, 0.15) is 6.04 Å². The number of ketones is 1. The molecule has 0 spiro atoms. The molecule has 5 rings (SSSR count). The Morgan fingerprint density at radius 2 is 1.91 bits per heavy atom. The third kappa shape index (κ3) is 3.82. The zero-order valence-electron chi connectivity index (χ0n) is 17.5. The van der Waals surface area contributed by atoms with Crippen LogP contribution in [0.25, 0.3) is 0 Å². The first-order valence-corrected chi connectivity index (χ1v) is 11.5. The van der Waals surface area contributed by atoms with Crippen molar-refractivity contribution >= 4 is 29.5 Å². The van der Waals surface area contributed by atoms with Gasteiger partial charge in [0.05, 0.1) is 5.56 Å². The van der Waals surface area contributed by atoms with Crippen LogP contribution in [0, 0.1) is 6.92 Å². The molecule has 2 aromatic carbocycles. The van der Waals surface area contributed by atoms with Gasteiger partial charge < -0.3 is 10.4 Å². The molecule has 3 aromatic rings. The molecular weight excluding hydrogens is 424 g/mol. The quantitative estimate of drug-likeness (QED) is 0.553. The second-order valence-electron chi connectivity index (χ2n) is 8.06. The first-order chi connectivity index (χ1) is 15.5. The summed E-state index contributed by atoms with van der Waals surface area (Å²) in [5.41, 5.74) is 5.18. The summed E-state index contributed by atoms with van der Waals surface area (Å²) in [5.74, 6) is 0.489. The fraction of sp³-hybridized carbons (Fsp3) is 0.250. The van der Waals surface area contributed by atoms with Crippen LogP contribution in [-0.4, -0.2) is 31.6 Å². The summed E-state index contributed by atoms with van der Waals surface area (Å²) < 4.78 is 1.82. The van der Waals surface area contributed by atoms with E-state index in [9.17, 15) is 9.59 Å². The molecule has 162 valence electrons. The molecule has 1 atom stereocenters. The number of aromatic nitrogens is 3. The number of fused-ring (bicyclic) bond motifs is 1. The maximum atomic E-state index is 12.9. The number of thioether (sulfide) groups is 1. The zero-order valence-corrected chi connectivity index (χ0v) is 18.4. The zero-order chi connectivity index (χ0) is 22.2. The molecule has 1 aliphatic carbocycles. The van der Waals surface area contributed by atoms with E-state index in [4.69, 9.17) is 10.2 Å². The summed E-state index contributed by atoms with van der Waals surface area (Å²) in [6.07, 6.45) is 2.23. The lowest BCUT2D eigenvalue weighted by Crippen LogP contribution is -2.31. The number of nitrogens with zero attached hydrogens (tertiary/aromatic N) is 3. The molecule has 7 nitrogen and oxygen atoms in total. The van der Waals surface area contributed by atoms with E-state index >= 15 is 0 Å². The van der Waals surface area contributed by atoms with Crippen LogP contribution in [0.15, 0.2) is 65.0 Å². The van der Waals surface area contributed by atoms with Crippen molar-refractivity contribution in [1.82, 2.24) is 14.8 Å². The molecular formula is C24H22N4O3S. The highest BCUT2D eigenvalue weighted by Gasteiger charge is 2.36. The maximum absolute atomic E-state index is 12.9. The molecule has 2 N–H and O–H groups in total. The van der Waals surface area contributed by atoms with E-state index in [0.717, 1.165) is 40.8 Å². The van der Waals surface area contributed by atoms with Gasteiger partial charge in [0, 0.05) is 23.4 Å². The van der Waals surface area contributed by atoms with E-state index < -0.39 is 5.97 Å². The van der Waals surface area contributed by atoms with E-state index in [1.165, 1.54) is 11.8 Å². The van der Waals surface area contributed by atoms with Crippen LogP contribution in [0.3, 0.4) is 0 Å². The van der Waals surface area contributed by atoms with Crippen molar-refractivity contribution in [3.63, 3.8) is 0 Å². The number of anilines is 1. The van der Waals surface area contributed by atoms with Crippen LogP contribution in [-0.2, 0) is 10.5 Å². The molecule has 0 saturated carbocycles. The minimum Gasteiger partial charge on any atom is -0.478 e. The number of carboxylic acid groups (broad SMARTS) is 1. The van der Waals surface area contributed by atoms with Crippen molar-refractivity contribution < 1.29 is 14.7 Å². The molecule has 0 saturated heterocycles. The van der Waals surface area contributed by atoms with Gasteiger partial charge in [-0.05, 0) is 43.0 Å². The smallest absolute Gasteiger partial charge is 0.335 e. The Bertz CT molecular complexity index is 1230. The van der Waals surface area contributed by atoms with Crippen LogP contribution >= 0.6 is 11.8 Å². The molecule has 8 heteroatoms. The van der Waals surface area contributed by atoms with Gasteiger partial charge in [-0.3, -0.25) is 4.79 Å². The number of benzene rings is 2. The van der Waals surface area contributed by atoms with E-state index in [1.807, 2.05) is 11.6 Å². The average Bonchev–Trinajstić information content (AvgIpc) is 3.20. The number of hydrogen-bond donors (Lipinski definition) is 2. The van der Waals surface area contributed by atoms with Crippen molar-refractivity contribution in [3.05, 3.63) is 82.1 Å². The third-order valence-corrected chi connectivity index (χ3v) is 6.72. The predicted molar refractivity (Wildman–Crippen MR) is 122 cm³/mol. The first-order valence-electron chi connectivity index (χ1n) is 10.5. The molecule has 0 bridgehead atoms. The summed E-state index contributed by atoms with van der Waals surface area (Å²) in [4.78, 5) is 28.6. The number of carbonyl (C=O) groups is 2. The van der Waals surface area contributed by atoms with Crippen molar-refractivity contribution in [2.75, 3.05) is 5.32 Å². The summed E-state index contributed by atoms with van der Waals surface area (Å²) in [6, 6.07) is 14.7. The topological polar surface area (TPSA) is 97.1 Å². The monoisotopic (exact) mass is 446 g/mol. The summed E-state index contributed by atoms with van der Waals surface area (Å²) in [7, 11) is 0. The Morgan fingerprint density at radius 1 is 1.16 bits per heavy atom. The Labute approximate surface area is 189 Å². The van der Waals surface area contributed by atoms with Gasteiger partial charge >= 0.3 is 5.97 Å². The highest BCUT2D eigenvalue weighted by atomic mass is 32.2. The molecule has 1 aliphatic heterocycles. The van der Waals surface area contributed by atoms with Crippen molar-refractivity contribution in [3.8, 4) is 0 Å². The van der Waals surface area contributed by atoms with Crippen LogP contribution in [0.1, 0.15) is 52.4 Å². The van der Waals surface area contributed by atoms with Gasteiger partial charge in [-0.2, -0.15) is 4.98 Å². The third-order valence-electron chi connectivity index (χ3n) is 5.81. The summed E-state index contributed by atoms with van der Waals surface area (Å²) in [6.45, 7) is 2.04. The fourth-order valence-electron chi connectivity index (χ4n) is 4.15. The fourth-order valence-corrected chi connectivity index (χ4v) is 4.93. The molecule has 2 heterocycles. The lowest BCUT2D eigenvalue weighted by Gasteiger charge is -2.32. The van der Waals surface area contributed by atoms with Gasteiger partial charge in [0.25, 0.3) is 0 Å². The van der Waals surface area contributed by atoms with Gasteiger partial charge in [-0.15, -0.1) is 5.10 Å². The molecule has 0 radical (unpaired) electrons. The van der Waals surface area contributed by atoms with Crippen LogP contribution in [0.2, 0.25) is 0 Å². The minimum atomic E-state index is -0.938. The Hall–Kier alpha value is -3.39. The number of aromatic carboxylic acids is 1. The number of rotatable bonds is 5. The van der Waals surface area contributed by atoms with Gasteiger partial charge in [0.2, 0.25) is 11.1 Å². The summed E-state index contributed by atoms with van der Waals surface area (Å²) in [5, 5.41) is 17.8. The largest absolute Gasteiger partial charge is 0.478 e. The molecule has 1 aromatic heterocycles. The SMILES string of the molecule is Cc1ccc([C@@H]2C3=C(CCCC3=O)Nc3nc(SCc4ccc(C(=O)O)cc4)nn32)cc1. The predicted octanol–water partition coefficient (Wildman–Crippen LogP) is 4.60. The lowest BCUT2D eigenvalue weighted by molar-refractivity contribution is -0.116. The van der Waals surface area contributed by atoms with E-state index in [2.05, 4.69) is 34.6 Å². The van der Waals surface area contributed by atoms with Crippen LogP contribution in [0.4, 0.5) is 5.95 Å². The first kappa shape index (κ1) is 20.5. The molecule has 32 heavy (non-hydrogen) atoms. The number of hydrogen-bond acceptors (Lipinski definition) is 6. The van der Waals surface area contributed by atoms with Gasteiger partial charge in [-0.1, -0.05) is 53.7 Å². The second kappa shape index (κ2) is 8.27. The Balaban J connectivity index is 1.45. The molecule has 0 amide bonds. The van der Waals surface area contributed by atoms with E-state index in [1.54, 1.807) is 24.3 Å². The van der Waals surface area contributed by atoms with Gasteiger partial charge in [-0.25, -0.2) is 9.48 Å². The average molecular weight is 447 g/mol. The Morgan fingerprint density at radius 3 is 2.62 bits per heavy atom. The maximum Gasteiger partial charge on any atom is 0.335 e. The standard InChI is InChI=1S/C24H22N4O3S/c1-14-5-9-16(10-6-14)21-20-18(3-2-4-19(20)29)25-23-26-24(27-28(21)23)32-13-15-7-11-17(12-8-15)22(30)31/h5-12,21H,2-4,13H2,1H3,(H,30,31)(H,25,26,27)/t21-/m1/s1. The minimum absolute atomic E-state index is 0.165. The van der Waals surface area contributed by atoms with Crippen molar-refractivity contribution in [1.29, 1.82) is 0 Å². The van der Waals surface area contributed by atoms with Crippen LogP contribution in [0.5, 0.6) is 0 Å². The van der Waals surface area contributed by atoms with E-state index in [0.29, 0.717) is 23.3 Å². The van der Waals surface area contributed by atoms with Crippen molar-refractivity contribution in [2.45, 2.75) is 43.1 Å². The Kier molecular flexibility index (Phi) is 5.30. The van der Waals surface area contributed by atoms with Crippen LogP contribution < -0.4 is 5.32 Å². The van der Waals surface area contributed by atoms with Crippen molar-refractivity contribution in [2.24, 2.45) is 0 Å². The highest BCUT2D eigenvalue weighted by molar-refractivity contribution is 7.98. The number of carboxylic acids is 1. The number of nitrogens with one attached hydrogen (secondary N) is 1. The summed E-state index contributed by atoms with van der Waals surface area (Å²) >= 11 is 1.48.